The van der Waals surface area contributed by atoms with E-state index < -0.39 is 5.82 Å². The van der Waals surface area contributed by atoms with E-state index in [1.165, 1.54) is 0 Å². The molecule has 5 aromatic rings. The molecule has 0 saturated carbocycles. The van der Waals surface area contributed by atoms with Gasteiger partial charge in [0.25, 0.3) is 5.91 Å². The zero-order valence-electron chi connectivity index (χ0n) is 20.9. The van der Waals surface area contributed by atoms with E-state index in [2.05, 4.69) is 24.8 Å². The molecule has 190 valence electrons. The highest BCUT2D eigenvalue weighted by Crippen LogP contribution is 2.37. The van der Waals surface area contributed by atoms with Crippen molar-refractivity contribution in [3.63, 3.8) is 0 Å². The summed E-state index contributed by atoms with van der Waals surface area (Å²) in [4.78, 5) is 27.2. The zero-order chi connectivity index (χ0) is 26.1. The molecule has 2 aliphatic rings. The van der Waals surface area contributed by atoms with Gasteiger partial charge in [0.1, 0.15) is 17.3 Å². The van der Waals surface area contributed by atoms with Crippen molar-refractivity contribution in [3.05, 3.63) is 77.1 Å². The van der Waals surface area contributed by atoms with Crippen LogP contribution in [0.1, 0.15) is 33.1 Å². The highest BCUT2D eigenvalue weighted by atomic mass is 19.1. The first-order valence-corrected chi connectivity index (χ1v) is 12.3. The van der Waals surface area contributed by atoms with Crippen molar-refractivity contribution in [2.75, 3.05) is 18.1 Å². The molecule has 0 saturated heterocycles. The van der Waals surface area contributed by atoms with Crippen LogP contribution in [0.2, 0.25) is 0 Å². The normalized spacial score (nSPS) is 14.4. The van der Waals surface area contributed by atoms with Gasteiger partial charge in [-0.25, -0.2) is 14.4 Å². The van der Waals surface area contributed by atoms with Gasteiger partial charge in [0.2, 0.25) is 0 Å². The third kappa shape index (κ3) is 3.35. The number of carbonyl (C=O) groups is 1. The topological polar surface area (TPSA) is 120 Å². The van der Waals surface area contributed by atoms with E-state index in [9.17, 15) is 4.79 Å². The Hall–Kier alpha value is -4.80. The number of halogens is 1. The van der Waals surface area contributed by atoms with E-state index in [0.717, 1.165) is 41.0 Å². The number of benzene rings is 1. The quantitative estimate of drug-likeness (QED) is 0.356. The first-order chi connectivity index (χ1) is 18.4. The summed E-state index contributed by atoms with van der Waals surface area (Å²) in [5, 5.41) is 9.23. The van der Waals surface area contributed by atoms with Crippen molar-refractivity contribution in [3.8, 4) is 11.1 Å². The number of amides is 1. The molecule has 38 heavy (non-hydrogen) atoms. The Morgan fingerprint density at radius 3 is 2.79 bits per heavy atom. The average molecular weight is 510 g/mol. The molecule has 0 aliphatic carbocycles. The Morgan fingerprint density at radius 1 is 1.05 bits per heavy atom. The van der Waals surface area contributed by atoms with E-state index >= 15 is 4.39 Å². The van der Waals surface area contributed by atoms with Crippen molar-refractivity contribution in [1.82, 2.24) is 34.2 Å². The van der Waals surface area contributed by atoms with E-state index in [0.29, 0.717) is 46.9 Å². The van der Waals surface area contributed by atoms with Gasteiger partial charge in [0, 0.05) is 85.2 Å². The molecule has 0 spiro atoms. The molecular formula is C27H24FN9O. The maximum atomic E-state index is 15.5. The predicted octanol–water partition coefficient (Wildman–Crippen LogP) is 3.65. The predicted molar refractivity (Wildman–Crippen MR) is 140 cm³/mol. The van der Waals surface area contributed by atoms with Gasteiger partial charge >= 0.3 is 0 Å². The molecule has 11 heteroatoms. The standard InChI is InChI=1S/C27H24FN9O/c1-14-18(10-32-26-20(14)12-35(2)27(26)38)17-7-15-8-21(31-11-19(15)25(29)24(17)28)33-22-9-16-3-5-36-6-4-30-23(36)13-37(16)34-22/h4,6-11H,3,5,12-13,29H2,1-2H3,(H,31,33,34). The summed E-state index contributed by atoms with van der Waals surface area (Å²) in [6.07, 6.45) is 7.76. The fraction of sp³-hybridized carbons (Fsp3) is 0.222. The van der Waals surface area contributed by atoms with E-state index in [-0.39, 0.29) is 11.6 Å². The number of nitrogen functional groups attached to an aromatic ring is 1. The Bertz CT molecular complexity index is 1790. The smallest absolute Gasteiger partial charge is 0.272 e. The fourth-order valence-electron chi connectivity index (χ4n) is 5.40. The molecule has 3 N–H and O–H groups in total. The number of hydrogen-bond donors (Lipinski definition) is 2. The number of anilines is 3. The first kappa shape index (κ1) is 22.4. The van der Waals surface area contributed by atoms with E-state index in [1.807, 2.05) is 36.1 Å². The number of imidazole rings is 1. The SMILES string of the molecule is Cc1c(-c2cc3cc(Nc4cc5n(n4)Cc4nccn4CC5)ncc3c(N)c2F)cnc2c1CN(C)C2=O. The number of aryl methyl sites for hydroxylation is 2. The van der Waals surface area contributed by atoms with Crippen LogP contribution in [0.4, 0.5) is 21.7 Å². The van der Waals surface area contributed by atoms with Crippen LogP contribution in [0.5, 0.6) is 0 Å². The van der Waals surface area contributed by atoms with Gasteiger partial charge in [-0.05, 0) is 30.0 Å². The monoisotopic (exact) mass is 509 g/mol. The summed E-state index contributed by atoms with van der Waals surface area (Å²) in [5.74, 6) is 1.56. The number of fused-ring (bicyclic) bond motifs is 4. The van der Waals surface area contributed by atoms with Crippen molar-refractivity contribution in [1.29, 1.82) is 0 Å². The number of pyridine rings is 2. The van der Waals surface area contributed by atoms with Crippen molar-refractivity contribution >= 4 is 34.0 Å². The van der Waals surface area contributed by atoms with Crippen LogP contribution >= 0.6 is 0 Å². The zero-order valence-corrected chi connectivity index (χ0v) is 20.9. The molecule has 0 fully saturated rings. The van der Waals surface area contributed by atoms with Crippen LogP contribution in [-0.2, 0) is 26.1 Å². The van der Waals surface area contributed by atoms with Crippen LogP contribution in [0.15, 0.2) is 43.0 Å². The lowest BCUT2D eigenvalue weighted by Crippen LogP contribution is -2.18. The number of nitrogens with one attached hydrogen (secondary N) is 1. The summed E-state index contributed by atoms with van der Waals surface area (Å²) in [6, 6.07) is 5.60. The van der Waals surface area contributed by atoms with Gasteiger partial charge in [-0.1, -0.05) is 0 Å². The third-order valence-electron chi connectivity index (χ3n) is 7.52. The van der Waals surface area contributed by atoms with Crippen molar-refractivity contribution in [2.45, 2.75) is 33.0 Å². The fourth-order valence-corrected chi connectivity index (χ4v) is 5.40. The minimum Gasteiger partial charge on any atom is -0.396 e. The molecule has 0 unspecified atom stereocenters. The van der Waals surface area contributed by atoms with Gasteiger partial charge in [0.05, 0.1) is 12.2 Å². The summed E-state index contributed by atoms with van der Waals surface area (Å²) in [7, 11) is 1.73. The Morgan fingerprint density at radius 2 is 1.92 bits per heavy atom. The van der Waals surface area contributed by atoms with E-state index in [1.54, 1.807) is 30.4 Å². The number of carbonyl (C=O) groups excluding carboxylic acids is 1. The largest absolute Gasteiger partial charge is 0.396 e. The molecule has 10 nitrogen and oxygen atoms in total. The van der Waals surface area contributed by atoms with Gasteiger partial charge in [-0.15, -0.1) is 0 Å². The minimum absolute atomic E-state index is 0.0221. The highest BCUT2D eigenvalue weighted by molar-refractivity contribution is 6.00. The van der Waals surface area contributed by atoms with Gasteiger partial charge in [-0.2, -0.15) is 5.10 Å². The molecule has 1 aromatic carbocycles. The molecule has 0 bridgehead atoms. The lowest BCUT2D eigenvalue weighted by Gasteiger charge is -2.14. The Labute approximate surface area is 216 Å². The average Bonchev–Trinajstić information content (AvgIpc) is 3.56. The lowest BCUT2D eigenvalue weighted by molar-refractivity contribution is 0.0812. The number of hydrogen-bond acceptors (Lipinski definition) is 7. The minimum atomic E-state index is -0.529. The van der Waals surface area contributed by atoms with Gasteiger partial charge in [-0.3, -0.25) is 14.5 Å². The van der Waals surface area contributed by atoms with Crippen molar-refractivity contribution in [2.24, 2.45) is 0 Å². The van der Waals surface area contributed by atoms with E-state index in [4.69, 9.17) is 10.8 Å². The summed E-state index contributed by atoms with van der Waals surface area (Å²) in [5.41, 5.74) is 10.4. The molecule has 4 aromatic heterocycles. The maximum absolute atomic E-state index is 15.5. The Balaban J connectivity index is 1.25. The van der Waals surface area contributed by atoms with Gasteiger partial charge in [0.15, 0.2) is 11.6 Å². The molecule has 1 amide bonds. The van der Waals surface area contributed by atoms with Gasteiger partial charge < -0.3 is 20.5 Å². The summed E-state index contributed by atoms with van der Waals surface area (Å²) >= 11 is 0. The van der Waals surface area contributed by atoms with Crippen molar-refractivity contribution < 1.29 is 9.18 Å². The van der Waals surface area contributed by atoms with Crippen LogP contribution in [0.3, 0.4) is 0 Å². The number of aromatic nitrogens is 6. The maximum Gasteiger partial charge on any atom is 0.272 e. The number of nitrogens with two attached hydrogens (primary N) is 1. The second kappa shape index (κ2) is 8.10. The second-order valence-electron chi connectivity index (χ2n) is 9.82. The lowest BCUT2D eigenvalue weighted by atomic mass is 9.95. The third-order valence-corrected chi connectivity index (χ3v) is 7.52. The molecule has 0 radical (unpaired) electrons. The molecule has 7 rings (SSSR count). The molecule has 6 heterocycles. The number of rotatable bonds is 3. The number of nitrogens with zero attached hydrogens (tertiary/aromatic N) is 7. The second-order valence-corrected chi connectivity index (χ2v) is 9.82. The van der Waals surface area contributed by atoms with Crippen LogP contribution in [0, 0.1) is 12.7 Å². The highest BCUT2D eigenvalue weighted by Gasteiger charge is 2.29. The Kier molecular flexibility index (Phi) is 4.78. The van der Waals surface area contributed by atoms with Crippen LogP contribution in [0.25, 0.3) is 21.9 Å². The van der Waals surface area contributed by atoms with Crippen LogP contribution in [-0.4, -0.2) is 47.2 Å². The molecule has 2 aliphatic heterocycles. The first-order valence-electron chi connectivity index (χ1n) is 12.3. The molecule has 0 atom stereocenters. The molecular weight excluding hydrogens is 485 g/mol. The summed E-state index contributed by atoms with van der Waals surface area (Å²) in [6.45, 7) is 3.78. The summed E-state index contributed by atoms with van der Waals surface area (Å²) < 4.78 is 19.6. The van der Waals surface area contributed by atoms with Crippen LogP contribution < -0.4 is 11.1 Å².